The molecule has 1 fully saturated rings. The number of β-lactam (4-membered cyclic amide) rings is 1. The first kappa shape index (κ1) is 14.4. The van der Waals surface area contributed by atoms with Crippen LogP contribution in [0.1, 0.15) is 6.92 Å². The van der Waals surface area contributed by atoms with Gasteiger partial charge in [-0.3, -0.25) is 14.8 Å². The minimum Gasteiger partial charge on any atom is -0.457 e. The summed E-state index contributed by atoms with van der Waals surface area (Å²) in [6.45, 7) is 5.09. The molecule has 0 radical (unpaired) electrons. The molecular formula is C11H14N2O4S2. The first-order chi connectivity index (χ1) is 9.02. The van der Waals surface area contributed by atoms with Crippen LogP contribution in [0.5, 0.6) is 0 Å². The van der Waals surface area contributed by atoms with Crippen molar-refractivity contribution in [2.75, 3.05) is 6.61 Å². The quantitative estimate of drug-likeness (QED) is 0.329. The molecule has 3 N–H and O–H groups in total. The molecule has 8 heteroatoms. The zero-order valence-corrected chi connectivity index (χ0v) is 11.9. The molecule has 1 amide bonds. The number of aliphatic hydroxyl groups is 1. The highest BCUT2D eigenvalue weighted by atomic mass is 32.2. The van der Waals surface area contributed by atoms with Gasteiger partial charge in [-0.2, -0.15) is 0 Å². The fourth-order valence-corrected chi connectivity index (χ4v) is 4.16. The number of aliphatic hydroxyl groups excluding tert-OH is 1. The Morgan fingerprint density at radius 3 is 3.00 bits per heavy atom. The van der Waals surface area contributed by atoms with Gasteiger partial charge < -0.3 is 9.84 Å². The summed E-state index contributed by atoms with van der Waals surface area (Å²) in [7, 11) is 0. The van der Waals surface area contributed by atoms with Crippen molar-refractivity contribution < 1.29 is 19.4 Å². The molecule has 0 saturated carbocycles. The van der Waals surface area contributed by atoms with E-state index >= 15 is 0 Å². The molecule has 19 heavy (non-hydrogen) atoms. The van der Waals surface area contributed by atoms with Gasteiger partial charge in [0.05, 0.1) is 16.3 Å². The number of ether oxygens (including phenoxy) is 1. The topological polar surface area (TPSA) is 92.9 Å². The average Bonchev–Trinajstić information content (AvgIpc) is 2.69. The molecule has 0 bridgehead atoms. The van der Waals surface area contributed by atoms with Gasteiger partial charge in [0.25, 0.3) is 0 Å². The monoisotopic (exact) mass is 302 g/mol. The molecular weight excluding hydrogens is 288 g/mol. The summed E-state index contributed by atoms with van der Waals surface area (Å²) >= 11 is 2.21. The number of amides is 1. The summed E-state index contributed by atoms with van der Waals surface area (Å²) in [4.78, 5) is 25.2. The maximum Gasteiger partial charge on any atom is 0.357 e. The first-order valence-electron chi connectivity index (χ1n) is 5.59. The normalized spacial score (nSPS) is 26.9. The number of hydrogen-bond donors (Lipinski definition) is 2. The second kappa shape index (κ2) is 5.58. The highest BCUT2D eigenvalue weighted by molar-refractivity contribution is 8.21. The van der Waals surface area contributed by atoms with E-state index in [1.165, 1.54) is 22.7 Å². The fraction of sp³-hybridized carbons (Fsp3) is 0.455. The van der Waals surface area contributed by atoms with E-state index in [-0.39, 0.29) is 23.6 Å². The molecule has 2 aliphatic heterocycles. The SMILES string of the molecule is C=CCOC(=O)C1=C(SN)S[C@@H]2[C@@H]([C@@H](C)O)C(=O)N12. The molecule has 0 aromatic heterocycles. The van der Waals surface area contributed by atoms with Crippen molar-refractivity contribution >= 4 is 35.6 Å². The second-order valence-electron chi connectivity index (χ2n) is 4.12. The van der Waals surface area contributed by atoms with Crippen molar-refractivity contribution in [1.82, 2.24) is 4.90 Å². The van der Waals surface area contributed by atoms with E-state index in [4.69, 9.17) is 9.88 Å². The molecule has 1 saturated heterocycles. The maximum atomic E-state index is 12.0. The van der Waals surface area contributed by atoms with Gasteiger partial charge in [-0.15, -0.1) is 0 Å². The summed E-state index contributed by atoms with van der Waals surface area (Å²) in [6, 6.07) is 0. The van der Waals surface area contributed by atoms with Crippen molar-refractivity contribution in [3.05, 3.63) is 22.6 Å². The van der Waals surface area contributed by atoms with Crippen LogP contribution in [0, 0.1) is 5.92 Å². The summed E-state index contributed by atoms with van der Waals surface area (Å²) in [5.41, 5.74) is 0.172. The van der Waals surface area contributed by atoms with Crippen molar-refractivity contribution in [3.63, 3.8) is 0 Å². The number of nitrogens with zero attached hydrogens (tertiary/aromatic N) is 1. The van der Waals surface area contributed by atoms with Crippen LogP contribution in [0.3, 0.4) is 0 Å². The van der Waals surface area contributed by atoms with Crippen molar-refractivity contribution in [3.8, 4) is 0 Å². The summed E-state index contributed by atoms with van der Waals surface area (Å²) in [6.07, 6.45) is 0.693. The Kier molecular flexibility index (Phi) is 4.24. The Labute approximate surface area is 119 Å². The molecule has 104 valence electrons. The van der Waals surface area contributed by atoms with Gasteiger partial charge in [0.1, 0.15) is 12.0 Å². The Balaban J connectivity index is 2.20. The van der Waals surface area contributed by atoms with Crippen LogP contribution in [0.15, 0.2) is 22.6 Å². The smallest absolute Gasteiger partial charge is 0.357 e. The third-order valence-corrected chi connectivity index (χ3v) is 5.04. The Bertz CT molecular complexity index is 464. The van der Waals surface area contributed by atoms with Gasteiger partial charge >= 0.3 is 5.97 Å². The molecule has 0 aromatic rings. The largest absolute Gasteiger partial charge is 0.457 e. The molecule has 0 unspecified atom stereocenters. The average molecular weight is 302 g/mol. The molecule has 2 aliphatic rings. The third kappa shape index (κ3) is 2.29. The second-order valence-corrected chi connectivity index (χ2v) is 6.15. The van der Waals surface area contributed by atoms with Crippen molar-refractivity contribution in [2.24, 2.45) is 11.1 Å². The first-order valence-corrected chi connectivity index (χ1v) is 7.35. The number of fused-ring (bicyclic) bond motifs is 1. The van der Waals surface area contributed by atoms with Crippen LogP contribution in [0.2, 0.25) is 0 Å². The molecule has 0 aromatic carbocycles. The predicted octanol–water partition coefficient (Wildman–Crippen LogP) is 0.404. The Hall–Kier alpha value is -0.960. The van der Waals surface area contributed by atoms with E-state index in [1.807, 2.05) is 0 Å². The van der Waals surface area contributed by atoms with Crippen LogP contribution in [0.4, 0.5) is 0 Å². The summed E-state index contributed by atoms with van der Waals surface area (Å²) < 4.78 is 5.49. The third-order valence-electron chi connectivity index (χ3n) is 2.90. The molecule has 0 spiro atoms. The molecule has 3 atom stereocenters. The number of esters is 1. The fourth-order valence-electron chi connectivity index (χ4n) is 2.03. The van der Waals surface area contributed by atoms with E-state index in [1.54, 1.807) is 6.92 Å². The zero-order chi connectivity index (χ0) is 14.2. The zero-order valence-electron chi connectivity index (χ0n) is 10.2. The number of thioether (sulfide) groups is 1. The molecule has 2 heterocycles. The predicted molar refractivity (Wildman–Crippen MR) is 73.4 cm³/mol. The van der Waals surface area contributed by atoms with Crippen LogP contribution in [-0.2, 0) is 14.3 Å². The van der Waals surface area contributed by atoms with Crippen molar-refractivity contribution in [1.29, 1.82) is 0 Å². The highest BCUT2D eigenvalue weighted by Gasteiger charge is 2.57. The highest BCUT2D eigenvalue weighted by Crippen LogP contribution is 2.52. The van der Waals surface area contributed by atoms with E-state index < -0.39 is 18.0 Å². The van der Waals surface area contributed by atoms with Crippen LogP contribution in [-0.4, -0.2) is 40.0 Å². The van der Waals surface area contributed by atoms with E-state index in [0.717, 1.165) is 11.9 Å². The number of rotatable bonds is 5. The number of carbonyl (C=O) groups excluding carboxylic acids is 2. The summed E-state index contributed by atoms with van der Waals surface area (Å²) in [5.74, 6) is -1.38. The molecule has 6 nitrogen and oxygen atoms in total. The lowest BCUT2D eigenvalue weighted by Crippen LogP contribution is -2.60. The Morgan fingerprint density at radius 2 is 2.47 bits per heavy atom. The lowest BCUT2D eigenvalue weighted by Gasteiger charge is -2.43. The van der Waals surface area contributed by atoms with Gasteiger partial charge in [0.15, 0.2) is 5.70 Å². The number of carbonyl (C=O) groups is 2. The van der Waals surface area contributed by atoms with Gasteiger partial charge in [-0.05, 0) is 18.9 Å². The lowest BCUT2D eigenvalue weighted by atomic mass is 9.92. The summed E-state index contributed by atoms with van der Waals surface area (Å²) in [5, 5.41) is 14.8. The van der Waals surface area contributed by atoms with Gasteiger partial charge in [-0.1, -0.05) is 24.4 Å². The van der Waals surface area contributed by atoms with Gasteiger partial charge in [-0.25, -0.2) is 4.79 Å². The molecule has 2 rings (SSSR count). The van der Waals surface area contributed by atoms with E-state index in [2.05, 4.69) is 6.58 Å². The van der Waals surface area contributed by atoms with Crippen molar-refractivity contribution in [2.45, 2.75) is 18.4 Å². The van der Waals surface area contributed by atoms with Crippen LogP contribution >= 0.6 is 23.7 Å². The number of hydrogen-bond acceptors (Lipinski definition) is 7. The van der Waals surface area contributed by atoms with Gasteiger partial charge in [0.2, 0.25) is 5.91 Å². The van der Waals surface area contributed by atoms with Gasteiger partial charge in [0, 0.05) is 0 Å². The minimum absolute atomic E-state index is 0.0715. The van der Waals surface area contributed by atoms with Crippen LogP contribution < -0.4 is 5.14 Å². The van der Waals surface area contributed by atoms with E-state index in [0.29, 0.717) is 4.24 Å². The maximum absolute atomic E-state index is 12.0. The lowest BCUT2D eigenvalue weighted by molar-refractivity contribution is -0.157. The molecule has 0 aliphatic carbocycles. The van der Waals surface area contributed by atoms with E-state index in [9.17, 15) is 14.7 Å². The minimum atomic E-state index is -0.756. The Morgan fingerprint density at radius 1 is 1.79 bits per heavy atom. The standard InChI is InChI=1S/C11H14N2O4S2/c1-3-4-17-10(16)7-11(19-12)18-9-6(5(2)14)8(15)13(7)9/h3,5-6,9,14H,1,4,12H2,2H3/t5-,6+,9-/m1/s1. The number of nitrogens with two attached hydrogens (primary N) is 1. The van der Waals surface area contributed by atoms with Crippen LogP contribution in [0.25, 0.3) is 0 Å².